The van der Waals surface area contributed by atoms with Gasteiger partial charge in [-0.2, -0.15) is 0 Å². The van der Waals surface area contributed by atoms with Crippen LogP contribution in [0.2, 0.25) is 0 Å². The Morgan fingerprint density at radius 2 is 2.19 bits per heavy atom. The molecule has 0 radical (unpaired) electrons. The summed E-state index contributed by atoms with van der Waals surface area (Å²) >= 11 is 0. The Morgan fingerprint density at radius 1 is 1.56 bits per heavy atom. The second kappa shape index (κ2) is 5.12. The van der Waals surface area contributed by atoms with Gasteiger partial charge in [-0.25, -0.2) is 0 Å². The van der Waals surface area contributed by atoms with Crippen molar-refractivity contribution in [3.63, 3.8) is 0 Å². The van der Waals surface area contributed by atoms with E-state index in [1.807, 2.05) is 6.92 Å². The third-order valence-electron chi connectivity index (χ3n) is 2.72. The average Bonchev–Trinajstić information content (AvgIpc) is 2.46. The third-order valence-corrected chi connectivity index (χ3v) is 2.72. The van der Waals surface area contributed by atoms with Gasteiger partial charge in [0.25, 0.3) is 0 Å². The van der Waals surface area contributed by atoms with Crippen LogP contribution >= 0.6 is 0 Å². The molecular formula is C11H20O5. The molecular weight excluding hydrogens is 212 g/mol. The Balaban J connectivity index is 2.68. The molecule has 2 N–H and O–H groups in total. The summed E-state index contributed by atoms with van der Waals surface area (Å²) in [6.07, 6.45) is -0.266. The summed E-state index contributed by atoms with van der Waals surface area (Å²) in [5, 5.41) is 18.9. The van der Waals surface area contributed by atoms with E-state index in [-0.39, 0.29) is 6.61 Å². The molecule has 16 heavy (non-hydrogen) atoms. The van der Waals surface area contributed by atoms with E-state index in [9.17, 15) is 9.90 Å². The van der Waals surface area contributed by atoms with Crippen LogP contribution in [-0.2, 0) is 14.3 Å². The zero-order valence-electron chi connectivity index (χ0n) is 9.97. The summed E-state index contributed by atoms with van der Waals surface area (Å²) in [5.41, 5.74) is 0. The van der Waals surface area contributed by atoms with E-state index in [0.717, 1.165) is 6.42 Å². The number of aliphatic hydroxyl groups excluding tert-OH is 1. The molecule has 0 bridgehead atoms. The quantitative estimate of drug-likeness (QED) is 0.739. The number of rotatable bonds is 5. The topological polar surface area (TPSA) is 76.0 Å². The summed E-state index contributed by atoms with van der Waals surface area (Å²) in [4.78, 5) is 11.1. The number of hydrogen-bond acceptors (Lipinski definition) is 4. The first-order chi connectivity index (χ1) is 7.37. The second-order valence-electron chi connectivity index (χ2n) is 4.59. The fourth-order valence-electron chi connectivity index (χ4n) is 1.94. The van der Waals surface area contributed by atoms with Crippen LogP contribution in [0.25, 0.3) is 0 Å². The molecule has 0 saturated carbocycles. The van der Waals surface area contributed by atoms with Crippen molar-refractivity contribution in [3.05, 3.63) is 0 Å². The van der Waals surface area contributed by atoms with Crippen LogP contribution < -0.4 is 0 Å². The molecule has 0 aromatic rings. The van der Waals surface area contributed by atoms with Gasteiger partial charge < -0.3 is 19.7 Å². The third kappa shape index (κ3) is 3.17. The van der Waals surface area contributed by atoms with Crippen LogP contribution in [-0.4, -0.2) is 40.8 Å². The summed E-state index contributed by atoms with van der Waals surface area (Å²) in [5.74, 6) is -2.71. The predicted molar refractivity (Wildman–Crippen MR) is 56.9 cm³/mol. The lowest BCUT2D eigenvalue weighted by molar-refractivity contribution is -0.166. The molecule has 5 heteroatoms. The van der Waals surface area contributed by atoms with Crippen molar-refractivity contribution >= 4 is 5.97 Å². The minimum Gasteiger partial charge on any atom is -0.481 e. The number of carbonyl (C=O) groups is 1. The van der Waals surface area contributed by atoms with Crippen molar-refractivity contribution in [1.82, 2.24) is 0 Å². The first-order valence-electron chi connectivity index (χ1n) is 5.60. The first-order valence-corrected chi connectivity index (χ1v) is 5.60. The molecule has 0 amide bonds. The van der Waals surface area contributed by atoms with Gasteiger partial charge in [0.15, 0.2) is 5.79 Å². The fourth-order valence-corrected chi connectivity index (χ4v) is 1.94. The lowest BCUT2D eigenvalue weighted by atomic mass is 9.93. The van der Waals surface area contributed by atoms with Crippen LogP contribution in [0.3, 0.4) is 0 Å². The summed E-state index contributed by atoms with van der Waals surface area (Å²) < 4.78 is 10.8. The van der Waals surface area contributed by atoms with Crippen LogP contribution in [0.15, 0.2) is 0 Å². The number of ether oxygens (including phenoxy) is 2. The van der Waals surface area contributed by atoms with Gasteiger partial charge in [0, 0.05) is 0 Å². The molecule has 1 aliphatic rings. The molecule has 0 spiro atoms. The highest BCUT2D eigenvalue weighted by Gasteiger charge is 2.43. The highest BCUT2D eigenvalue weighted by atomic mass is 16.7. The minimum absolute atomic E-state index is 0.213. The minimum atomic E-state index is -1.03. The molecule has 1 heterocycles. The SMILES string of the molecule is CCC[C@@H](O)C(C(=O)O)C1COC(C)(C)O1. The number of aliphatic carboxylic acids is 1. The molecule has 94 valence electrons. The van der Waals surface area contributed by atoms with Crippen LogP contribution in [0, 0.1) is 5.92 Å². The molecule has 0 aromatic heterocycles. The van der Waals surface area contributed by atoms with Gasteiger partial charge in [-0.1, -0.05) is 13.3 Å². The highest BCUT2D eigenvalue weighted by Crippen LogP contribution is 2.29. The van der Waals surface area contributed by atoms with Gasteiger partial charge in [-0.3, -0.25) is 4.79 Å². The van der Waals surface area contributed by atoms with E-state index in [1.165, 1.54) is 0 Å². The Kier molecular flexibility index (Phi) is 4.29. The smallest absolute Gasteiger partial charge is 0.311 e. The lowest BCUT2D eigenvalue weighted by Gasteiger charge is -2.24. The standard InChI is InChI=1S/C11H20O5/c1-4-5-7(12)9(10(13)14)8-6-15-11(2,3)16-8/h7-9,12H,4-6H2,1-3H3,(H,13,14)/t7-,8?,9?/m1/s1. The Hall–Kier alpha value is -0.650. The van der Waals surface area contributed by atoms with Crippen molar-refractivity contribution in [3.8, 4) is 0 Å². The maximum atomic E-state index is 11.1. The van der Waals surface area contributed by atoms with Gasteiger partial charge in [-0.15, -0.1) is 0 Å². The van der Waals surface area contributed by atoms with E-state index < -0.39 is 29.9 Å². The van der Waals surface area contributed by atoms with Crippen LogP contribution in [0.4, 0.5) is 0 Å². The first kappa shape index (κ1) is 13.4. The molecule has 3 atom stereocenters. The summed E-state index contributed by atoms with van der Waals surface area (Å²) in [6, 6.07) is 0. The molecule has 1 saturated heterocycles. The number of carboxylic acid groups (broad SMARTS) is 1. The van der Waals surface area contributed by atoms with Crippen molar-refractivity contribution in [1.29, 1.82) is 0 Å². The van der Waals surface area contributed by atoms with Gasteiger partial charge >= 0.3 is 5.97 Å². The van der Waals surface area contributed by atoms with Crippen molar-refractivity contribution < 1.29 is 24.5 Å². The number of hydrogen-bond donors (Lipinski definition) is 2. The highest BCUT2D eigenvalue weighted by molar-refractivity contribution is 5.71. The second-order valence-corrected chi connectivity index (χ2v) is 4.59. The van der Waals surface area contributed by atoms with Crippen LogP contribution in [0.5, 0.6) is 0 Å². The maximum Gasteiger partial charge on any atom is 0.311 e. The summed E-state index contributed by atoms with van der Waals surface area (Å²) in [6.45, 7) is 5.58. The lowest BCUT2D eigenvalue weighted by Crippen LogP contribution is -2.40. The predicted octanol–water partition coefficient (Wildman–Crippen LogP) is 1.000. The average molecular weight is 232 g/mol. The molecule has 1 rings (SSSR count). The molecule has 1 fully saturated rings. The zero-order valence-corrected chi connectivity index (χ0v) is 9.97. The monoisotopic (exact) mass is 232 g/mol. The zero-order chi connectivity index (χ0) is 12.3. The summed E-state index contributed by atoms with van der Waals surface area (Å²) in [7, 11) is 0. The normalized spacial score (nSPS) is 27.6. The molecule has 5 nitrogen and oxygen atoms in total. The van der Waals surface area contributed by atoms with Crippen molar-refractivity contribution in [2.75, 3.05) is 6.61 Å². The van der Waals surface area contributed by atoms with Gasteiger partial charge in [0.1, 0.15) is 12.0 Å². The van der Waals surface area contributed by atoms with E-state index in [2.05, 4.69) is 0 Å². The van der Waals surface area contributed by atoms with Crippen LogP contribution in [0.1, 0.15) is 33.6 Å². The van der Waals surface area contributed by atoms with Crippen molar-refractivity contribution in [2.24, 2.45) is 5.92 Å². The van der Waals surface area contributed by atoms with Crippen molar-refractivity contribution in [2.45, 2.75) is 51.6 Å². The number of aliphatic hydroxyl groups is 1. The van der Waals surface area contributed by atoms with Gasteiger partial charge in [-0.05, 0) is 20.3 Å². The van der Waals surface area contributed by atoms with E-state index >= 15 is 0 Å². The largest absolute Gasteiger partial charge is 0.481 e. The fraction of sp³-hybridized carbons (Fsp3) is 0.909. The van der Waals surface area contributed by atoms with E-state index in [4.69, 9.17) is 14.6 Å². The molecule has 2 unspecified atom stereocenters. The molecule has 0 aromatic carbocycles. The maximum absolute atomic E-state index is 11.1. The molecule has 1 aliphatic heterocycles. The van der Waals surface area contributed by atoms with Gasteiger partial charge in [0.05, 0.1) is 12.7 Å². The number of carboxylic acids is 1. The molecule has 0 aliphatic carbocycles. The Bertz CT molecular complexity index is 251. The van der Waals surface area contributed by atoms with E-state index in [1.54, 1.807) is 13.8 Å². The Morgan fingerprint density at radius 3 is 2.56 bits per heavy atom. The van der Waals surface area contributed by atoms with Gasteiger partial charge in [0.2, 0.25) is 0 Å². The Labute approximate surface area is 95.4 Å². The van der Waals surface area contributed by atoms with E-state index in [0.29, 0.717) is 6.42 Å².